The quantitative estimate of drug-likeness (QED) is 0.784. The number of hydrogen-bond donors (Lipinski definition) is 1. The van der Waals surface area contributed by atoms with Crippen LogP contribution in [-0.2, 0) is 27.7 Å². The third-order valence-corrected chi connectivity index (χ3v) is 8.17. The maximum absolute atomic E-state index is 13.0. The number of nitriles is 1. The number of amides is 1. The highest BCUT2D eigenvalue weighted by Crippen LogP contribution is 2.27. The van der Waals surface area contributed by atoms with Gasteiger partial charge in [0, 0.05) is 26.2 Å². The Kier molecular flexibility index (Phi) is 5.69. The summed E-state index contributed by atoms with van der Waals surface area (Å²) in [6.45, 7) is 1.88. The van der Waals surface area contributed by atoms with Crippen LogP contribution < -0.4 is 5.32 Å². The minimum absolute atomic E-state index is 0.176. The second-order valence-corrected chi connectivity index (χ2v) is 10.1. The second-order valence-electron chi connectivity index (χ2n) is 7.29. The zero-order valence-corrected chi connectivity index (χ0v) is 17.6. The molecule has 0 unspecified atom stereocenters. The van der Waals surface area contributed by atoms with Crippen molar-refractivity contribution >= 4 is 32.3 Å². The van der Waals surface area contributed by atoms with Crippen LogP contribution in [0.1, 0.15) is 23.1 Å². The summed E-state index contributed by atoms with van der Waals surface area (Å²) in [7, 11) is -3.51. The van der Waals surface area contributed by atoms with Crippen LogP contribution in [-0.4, -0.2) is 56.3 Å². The Bertz CT molecular complexity index is 1060. The molecule has 2 aromatic rings. The summed E-state index contributed by atoms with van der Waals surface area (Å²) >= 11 is 1.31. The van der Waals surface area contributed by atoms with E-state index in [4.69, 9.17) is 5.26 Å². The lowest BCUT2D eigenvalue weighted by atomic mass is 10.1. The van der Waals surface area contributed by atoms with Crippen molar-refractivity contribution in [3.05, 3.63) is 46.3 Å². The Morgan fingerprint density at radius 2 is 1.90 bits per heavy atom. The molecule has 152 valence electrons. The third kappa shape index (κ3) is 4.21. The van der Waals surface area contributed by atoms with Gasteiger partial charge in [-0.05, 0) is 54.0 Å². The van der Waals surface area contributed by atoms with Gasteiger partial charge in [-0.2, -0.15) is 9.57 Å². The van der Waals surface area contributed by atoms with Crippen molar-refractivity contribution in [2.45, 2.75) is 24.2 Å². The molecule has 29 heavy (non-hydrogen) atoms. The number of aryl methyl sites for hydroxylation is 2. The molecule has 1 aliphatic heterocycles. The molecule has 9 heteroatoms. The molecular weight excluding hydrogens is 408 g/mol. The van der Waals surface area contributed by atoms with Gasteiger partial charge in [0.15, 0.2) is 0 Å². The molecule has 2 heterocycles. The molecule has 1 aliphatic carbocycles. The molecule has 1 N–H and O–H groups in total. The Hall–Kier alpha value is -2.25. The number of hydrogen-bond acceptors (Lipinski definition) is 6. The van der Waals surface area contributed by atoms with Crippen molar-refractivity contribution in [3.8, 4) is 6.07 Å². The van der Waals surface area contributed by atoms with Crippen molar-refractivity contribution in [2.75, 3.05) is 38.0 Å². The first-order valence-electron chi connectivity index (χ1n) is 9.59. The van der Waals surface area contributed by atoms with E-state index in [1.165, 1.54) is 21.2 Å². The molecule has 4 rings (SSSR count). The first kappa shape index (κ1) is 20.0. The number of piperazine rings is 1. The van der Waals surface area contributed by atoms with Gasteiger partial charge < -0.3 is 5.32 Å². The lowest BCUT2D eigenvalue weighted by Crippen LogP contribution is -2.50. The van der Waals surface area contributed by atoms with Gasteiger partial charge in [0.2, 0.25) is 15.9 Å². The fraction of sp³-hybridized carbons (Fsp3) is 0.400. The van der Waals surface area contributed by atoms with Crippen LogP contribution in [0.3, 0.4) is 0 Å². The van der Waals surface area contributed by atoms with Crippen molar-refractivity contribution < 1.29 is 13.2 Å². The Morgan fingerprint density at radius 1 is 1.14 bits per heavy atom. The Balaban J connectivity index is 1.34. The molecule has 1 fully saturated rings. The standard InChI is InChI=1S/C20H22N4O3S2/c21-13-17-6-11-28-20(17)22-19(25)14-23-7-9-24(10-8-23)29(26,27)18-5-4-15-2-1-3-16(15)12-18/h4-6,11-12H,1-3,7-10,14H2,(H,22,25). The summed E-state index contributed by atoms with van der Waals surface area (Å²) < 4.78 is 27.5. The minimum Gasteiger partial charge on any atom is -0.315 e. The first-order chi connectivity index (χ1) is 14.0. The number of anilines is 1. The van der Waals surface area contributed by atoms with E-state index in [9.17, 15) is 13.2 Å². The van der Waals surface area contributed by atoms with E-state index in [1.807, 2.05) is 23.1 Å². The van der Waals surface area contributed by atoms with Crippen LogP contribution in [0, 0.1) is 11.3 Å². The second kappa shape index (κ2) is 8.24. The number of carbonyl (C=O) groups excluding carboxylic acids is 1. The number of benzene rings is 1. The average Bonchev–Trinajstić information content (AvgIpc) is 3.36. The predicted octanol–water partition coefficient (Wildman–Crippen LogP) is 2.05. The molecule has 0 spiro atoms. The maximum Gasteiger partial charge on any atom is 0.243 e. The summed E-state index contributed by atoms with van der Waals surface area (Å²) in [5.74, 6) is -0.195. The van der Waals surface area contributed by atoms with Crippen molar-refractivity contribution in [2.24, 2.45) is 0 Å². The number of nitrogens with one attached hydrogen (secondary N) is 1. The van der Waals surface area contributed by atoms with Crippen molar-refractivity contribution in [1.29, 1.82) is 5.26 Å². The fourth-order valence-electron chi connectivity index (χ4n) is 3.85. The number of thiophene rings is 1. The molecule has 1 amide bonds. The minimum atomic E-state index is -3.51. The first-order valence-corrected chi connectivity index (χ1v) is 11.9. The number of fused-ring (bicyclic) bond motifs is 1. The van der Waals surface area contributed by atoms with Gasteiger partial charge in [0.25, 0.3) is 0 Å². The summed E-state index contributed by atoms with van der Waals surface area (Å²) in [5, 5.41) is 14.1. The zero-order valence-electron chi connectivity index (χ0n) is 15.9. The summed E-state index contributed by atoms with van der Waals surface area (Å²) in [4.78, 5) is 14.6. The van der Waals surface area contributed by atoms with E-state index in [-0.39, 0.29) is 12.5 Å². The molecule has 1 saturated heterocycles. The van der Waals surface area contributed by atoms with E-state index in [1.54, 1.807) is 17.5 Å². The highest BCUT2D eigenvalue weighted by atomic mass is 32.2. The van der Waals surface area contributed by atoms with E-state index >= 15 is 0 Å². The van der Waals surface area contributed by atoms with Crippen LogP contribution >= 0.6 is 11.3 Å². The molecular formula is C20H22N4O3S2. The van der Waals surface area contributed by atoms with E-state index < -0.39 is 10.0 Å². The number of carbonyl (C=O) groups is 1. The molecule has 7 nitrogen and oxygen atoms in total. The third-order valence-electron chi connectivity index (χ3n) is 5.44. The van der Waals surface area contributed by atoms with E-state index in [0.717, 1.165) is 24.8 Å². The molecule has 0 atom stereocenters. The average molecular weight is 431 g/mol. The lowest BCUT2D eigenvalue weighted by Gasteiger charge is -2.33. The molecule has 0 saturated carbocycles. The summed E-state index contributed by atoms with van der Waals surface area (Å²) in [5.41, 5.74) is 2.85. The van der Waals surface area contributed by atoms with Crippen LogP contribution in [0.5, 0.6) is 0 Å². The van der Waals surface area contributed by atoms with Crippen LogP contribution in [0.4, 0.5) is 5.00 Å². The highest BCUT2D eigenvalue weighted by molar-refractivity contribution is 7.89. The molecule has 0 radical (unpaired) electrons. The molecule has 1 aromatic carbocycles. The van der Waals surface area contributed by atoms with Gasteiger partial charge >= 0.3 is 0 Å². The summed E-state index contributed by atoms with van der Waals surface area (Å²) in [6, 6.07) is 9.20. The zero-order chi connectivity index (χ0) is 20.4. The highest BCUT2D eigenvalue weighted by Gasteiger charge is 2.30. The molecule has 0 bridgehead atoms. The monoisotopic (exact) mass is 430 g/mol. The van der Waals surface area contributed by atoms with Gasteiger partial charge in [0.1, 0.15) is 11.1 Å². The van der Waals surface area contributed by atoms with E-state index in [2.05, 4.69) is 5.32 Å². The smallest absolute Gasteiger partial charge is 0.243 e. The van der Waals surface area contributed by atoms with Gasteiger partial charge in [-0.25, -0.2) is 8.42 Å². The van der Waals surface area contributed by atoms with Gasteiger partial charge in [-0.3, -0.25) is 9.69 Å². The van der Waals surface area contributed by atoms with Crippen LogP contribution in [0.25, 0.3) is 0 Å². The Labute approximate surface area is 174 Å². The Morgan fingerprint density at radius 3 is 2.66 bits per heavy atom. The number of rotatable bonds is 5. The fourth-order valence-corrected chi connectivity index (χ4v) is 6.08. The van der Waals surface area contributed by atoms with E-state index in [0.29, 0.717) is 41.6 Å². The lowest BCUT2D eigenvalue weighted by molar-refractivity contribution is -0.117. The largest absolute Gasteiger partial charge is 0.315 e. The SMILES string of the molecule is N#Cc1ccsc1NC(=O)CN1CCN(S(=O)(=O)c2ccc3c(c2)CCC3)CC1. The van der Waals surface area contributed by atoms with Crippen molar-refractivity contribution in [1.82, 2.24) is 9.21 Å². The molecule has 1 aromatic heterocycles. The van der Waals surface area contributed by atoms with Crippen molar-refractivity contribution in [3.63, 3.8) is 0 Å². The van der Waals surface area contributed by atoms with Gasteiger partial charge in [-0.1, -0.05) is 6.07 Å². The number of nitrogens with zero attached hydrogens (tertiary/aromatic N) is 3. The summed E-state index contributed by atoms with van der Waals surface area (Å²) in [6.07, 6.45) is 3.05. The molecule has 2 aliphatic rings. The van der Waals surface area contributed by atoms with Crippen LogP contribution in [0.2, 0.25) is 0 Å². The maximum atomic E-state index is 13.0. The van der Waals surface area contributed by atoms with Gasteiger partial charge in [0.05, 0.1) is 17.0 Å². The topological polar surface area (TPSA) is 93.5 Å². The van der Waals surface area contributed by atoms with Gasteiger partial charge in [-0.15, -0.1) is 11.3 Å². The van der Waals surface area contributed by atoms with Crippen LogP contribution in [0.15, 0.2) is 34.5 Å². The predicted molar refractivity (Wildman–Crippen MR) is 111 cm³/mol. The number of sulfonamides is 1. The normalized spacial score (nSPS) is 17.6.